The van der Waals surface area contributed by atoms with Gasteiger partial charge in [-0.05, 0) is 24.6 Å². The maximum Gasteiger partial charge on any atom is 0.414 e. The van der Waals surface area contributed by atoms with Gasteiger partial charge < -0.3 is 15.2 Å². The van der Waals surface area contributed by atoms with E-state index in [1.807, 2.05) is 0 Å². The van der Waals surface area contributed by atoms with E-state index in [1.54, 1.807) is 31.2 Å². The fraction of sp³-hybridized carbons (Fsp3) is 0.429. The molecule has 0 saturated carbocycles. The van der Waals surface area contributed by atoms with Crippen LogP contribution in [0.15, 0.2) is 24.3 Å². The van der Waals surface area contributed by atoms with E-state index in [0.29, 0.717) is 18.8 Å². The monoisotopic (exact) mass is 278 g/mol. The number of nitrogens with zero attached hydrogens (tertiary/aromatic N) is 1. The standard InChI is InChI=1S/C14H18N2O4/c1-9(17)11-3-5-12(6-4-11)16-8-13(20-14(16)19)7-15-10(2)18/h3-6,9,13,17H,7-8H2,1-2H3,(H,15,18)/t9?,13-/m1/s1. The van der Waals surface area contributed by atoms with E-state index in [4.69, 9.17) is 4.74 Å². The average Bonchev–Trinajstić information content (AvgIpc) is 2.78. The van der Waals surface area contributed by atoms with Gasteiger partial charge in [0, 0.05) is 12.6 Å². The van der Waals surface area contributed by atoms with Crippen LogP contribution in [0.5, 0.6) is 0 Å². The zero-order chi connectivity index (χ0) is 14.7. The summed E-state index contributed by atoms with van der Waals surface area (Å²) >= 11 is 0. The quantitative estimate of drug-likeness (QED) is 0.867. The van der Waals surface area contributed by atoms with E-state index in [1.165, 1.54) is 11.8 Å². The van der Waals surface area contributed by atoms with Crippen molar-refractivity contribution in [1.29, 1.82) is 0 Å². The van der Waals surface area contributed by atoms with E-state index in [9.17, 15) is 14.7 Å². The largest absolute Gasteiger partial charge is 0.442 e. The maximum atomic E-state index is 11.8. The molecule has 0 aliphatic carbocycles. The number of hydrogen-bond donors (Lipinski definition) is 2. The van der Waals surface area contributed by atoms with Crippen molar-refractivity contribution in [3.63, 3.8) is 0 Å². The number of carbonyl (C=O) groups is 2. The Morgan fingerprint density at radius 3 is 2.70 bits per heavy atom. The second kappa shape index (κ2) is 5.92. The minimum Gasteiger partial charge on any atom is -0.442 e. The Morgan fingerprint density at radius 1 is 1.50 bits per heavy atom. The van der Waals surface area contributed by atoms with Gasteiger partial charge in [0.25, 0.3) is 0 Å². The molecule has 1 heterocycles. The fourth-order valence-electron chi connectivity index (χ4n) is 2.03. The highest BCUT2D eigenvalue weighted by atomic mass is 16.6. The number of carbonyl (C=O) groups excluding carboxylic acids is 2. The topological polar surface area (TPSA) is 78.9 Å². The van der Waals surface area contributed by atoms with Crippen LogP contribution in [-0.2, 0) is 9.53 Å². The summed E-state index contributed by atoms with van der Waals surface area (Å²) in [6, 6.07) is 7.08. The van der Waals surface area contributed by atoms with Crippen LogP contribution in [-0.4, -0.2) is 36.3 Å². The predicted octanol–water partition coefficient (Wildman–Crippen LogP) is 1.20. The average molecular weight is 278 g/mol. The maximum absolute atomic E-state index is 11.8. The molecule has 1 aromatic carbocycles. The minimum absolute atomic E-state index is 0.152. The van der Waals surface area contributed by atoms with Gasteiger partial charge in [-0.25, -0.2) is 4.79 Å². The molecule has 1 unspecified atom stereocenters. The van der Waals surface area contributed by atoms with Crippen molar-refractivity contribution in [2.45, 2.75) is 26.1 Å². The number of aliphatic hydroxyl groups excluding tert-OH is 1. The second-order valence-corrected chi connectivity index (χ2v) is 4.82. The minimum atomic E-state index is -0.540. The molecule has 0 aromatic heterocycles. The van der Waals surface area contributed by atoms with Gasteiger partial charge in [-0.3, -0.25) is 9.69 Å². The van der Waals surface area contributed by atoms with Crippen molar-refractivity contribution < 1.29 is 19.4 Å². The number of rotatable bonds is 4. The number of nitrogens with one attached hydrogen (secondary N) is 1. The predicted molar refractivity (Wildman–Crippen MR) is 73.4 cm³/mol. The van der Waals surface area contributed by atoms with E-state index in [0.717, 1.165) is 5.56 Å². The van der Waals surface area contributed by atoms with Crippen LogP contribution in [0.1, 0.15) is 25.5 Å². The Bertz CT molecular complexity index is 498. The lowest BCUT2D eigenvalue weighted by atomic mass is 10.1. The first-order valence-electron chi connectivity index (χ1n) is 6.48. The first-order chi connectivity index (χ1) is 9.47. The van der Waals surface area contributed by atoms with Crippen LogP contribution in [0, 0.1) is 0 Å². The Kier molecular flexibility index (Phi) is 4.24. The molecule has 1 fully saturated rings. The van der Waals surface area contributed by atoms with E-state index in [2.05, 4.69) is 5.32 Å². The van der Waals surface area contributed by atoms with Crippen molar-refractivity contribution in [3.05, 3.63) is 29.8 Å². The number of hydrogen-bond acceptors (Lipinski definition) is 4. The highest BCUT2D eigenvalue weighted by Crippen LogP contribution is 2.23. The molecule has 0 radical (unpaired) electrons. The molecule has 6 nitrogen and oxygen atoms in total. The van der Waals surface area contributed by atoms with Gasteiger partial charge in [-0.15, -0.1) is 0 Å². The van der Waals surface area contributed by atoms with Gasteiger partial charge >= 0.3 is 6.09 Å². The summed E-state index contributed by atoms with van der Waals surface area (Å²) in [5, 5.41) is 12.1. The molecule has 1 saturated heterocycles. The van der Waals surface area contributed by atoms with Crippen LogP contribution in [0.2, 0.25) is 0 Å². The molecule has 0 bridgehead atoms. The zero-order valence-corrected chi connectivity index (χ0v) is 11.5. The number of benzene rings is 1. The van der Waals surface area contributed by atoms with Crippen LogP contribution in [0.25, 0.3) is 0 Å². The molecule has 1 aliphatic heterocycles. The Labute approximate surface area is 117 Å². The van der Waals surface area contributed by atoms with Gasteiger partial charge in [-0.1, -0.05) is 12.1 Å². The molecule has 2 amide bonds. The molecule has 20 heavy (non-hydrogen) atoms. The smallest absolute Gasteiger partial charge is 0.414 e. The third-order valence-corrected chi connectivity index (χ3v) is 3.14. The van der Waals surface area contributed by atoms with Crippen LogP contribution >= 0.6 is 0 Å². The molecule has 0 spiro atoms. The Morgan fingerprint density at radius 2 is 2.15 bits per heavy atom. The van der Waals surface area contributed by atoms with Gasteiger partial charge in [0.05, 0.1) is 19.2 Å². The third kappa shape index (κ3) is 3.27. The first kappa shape index (κ1) is 14.3. The summed E-state index contributed by atoms with van der Waals surface area (Å²) in [6.07, 6.45) is -1.31. The number of ether oxygens (including phenoxy) is 1. The van der Waals surface area contributed by atoms with E-state index in [-0.39, 0.29) is 12.0 Å². The molecule has 2 N–H and O–H groups in total. The normalized spacial score (nSPS) is 19.6. The lowest BCUT2D eigenvalue weighted by molar-refractivity contribution is -0.119. The third-order valence-electron chi connectivity index (χ3n) is 3.14. The summed E-state index contributed by atoms with van der Waals surface area (Å²) in [5.41, 5.74) is 1.50. The summed E-state index contributed by atoms with van der Waals surface area (Å²) in [4.78, 5) is 24.1. The van der Waals surface area contributed by atoms with Crippen molar-refractivity contribution in [1.82, 2.24) is 5.32 Å². The highest BCUT2D eigenvalue weighted by Gasteiger charge is 2.32. The molecular formula is C14H18N2O4. The van der Waals surface area contributed by atoms with Gasteiger partial charge in [0.2, 0.25) is 5.91 Å². The van der Waals surface area contributed by atoms with Crippen LogP contribution in [0.3, 0.4) is 0 Å². The van der Waals surface area contributed by atoms with Crippen molar-refractivity contribution in [2.24, 2.45) is 0 Å². The zero-order valence-electron chi connectivity index (χ0n) is 11.5. The molecule has 1 aliphatic rings. The number of amides is 2. The SMILES string of the molecule is CC(=O)NC[C@@H]1CN(c2ccc(C(C)O)cc2)C(=O)O1. The Hall–Kier alpha value is -2.08. The lowest BCUT2D eigenvalue weighted by Crippen LogP contribution is -2.33. The van der Waals surface area contributed by atoms with E-state index >= 15 is 0 Å². The summed E-state index contributed by atoms with van der Waals surface area (Å²) in [5.74, 6) is -0.152. The molecule has 108 valence electrons. The van der Waals surface area contributed by atoms with Crippen molar-refractivity contribution >= 4 is 17.7 Å². The molecule has 1 aromatic rings. The van der Waals surface area contributed by atoms with Gasteiger partial charge in [0.15, 0.2) is 0 Å². The van der Waals surface area contributed by atoms with Gasteiger partial charge in [-0.2, -0.15) is 0 Å². The lowest BCUT2D eigenvalue weighted by Gasteiger charge is -2.14. The van der Waals surface area contributed by atoms with Crippen molar-refractivity contribution in [2.75, 3.05) is 18.0 Å². The number of cyclic esters (lactones) is 1. The first-order valence-corrected chi connectivity index (χ1v) is 6.48. The van der Waals surface area contributed by atoms with Crippen LogP contribution in [0.4, 0.5) is 10.5 Å². The molecule has 6 heteroatoms. The van der Waals surface area contributed by atoms with Gasteiger partial charge in [0.1, 0.15) is 6.10 Å². The van der Waals surface area contributed by atoms with Crippen molar-refractivity contribution in [3.8, 4) is 0 Å². The molecule has 2 rings (SSSR count). The fourth-order valence-corrected chi connectivity index (χ4v) is 2.03. The summed E-state index contributed by atoms with van der Waals surface area (Å²) < 4.78 is 5.18. The van der Waals surface area contributed by atoms with Crippen LogP contribution < -0.4 is 10.2 Å². The molecule has 2 atom stereocenters. The molecular weight excluding hydrogens is 260 g/mol. The van der Waals surface area contributed by atoms with E-state index < -0.39 is 12.2 Å². The highest BCUT2D eigenvalue weighted by molar-refractivity contribution is 5.89. The number of anilines is 1. The second-order valence-electron chi connectivity index (χ2n) is 4.82. The summed E-state index contributed by atoms with van der Waals surface area (Å²) in [7, 11) is 0. The number of aliphatic hydroxyl groups is 1. The summed E-state index contributed by atoms with van der Waals surface area (Å²) in [6.45, 7) is 3.81. The Balaban J connectivity index is 2.02.